The highest BCUT2D eigenvalue weighted by molar-refractivity contribution is 4.74. The van der Waals surface area contributed by atoms with Crippen molar-refractivity contribution in [2.75, 3.05) is 0 Å². The summed E-state index contributed by atoms with van der Waals surface area (Å²) < 4.78 is 0. The molecule has 0 radical (unpaired) electrons. The molecule has 0 aromatic heterocycles. The zero-order valence-electron chi connectivity index (χ0n) is 9.96. The van der Waals surface area contributed by atoms with Crippen LogP contribution in [0, 0.1) is 5.92 Å². The molecule has 0 heterocycles. The molecule has 1 N–H and O–H groups in total. The average molecular weight is 210 g/mol. The highest BCUT2D eigenvalue weighted by Gasteiger charge is 2.12. The SMILES string of the molecule is C=CCC1CCCCCCCC(O)CC1. The number of hydrogen-bond donors (Lipinski definition) is 1. The van der Waals surface area contributed by atoms with Crippen LogP contribution in [0.1, 0.15) is 64.2 Å². The Hall–Kier alpha value is -0.300. The maximum atomic E-state index is 9.78. The van der Waals surface area contributed by atoms with Gasteiger partial charge in [-0.25, -0.2) is 0 Å². The molecule has 0 aromatic rings. The molecule has 15 heavy (non-hydrogen) atoms. The normalized spacial score (nSPS) is 30.5. The number of allylic oxidation sites excluding steroid dienone is 1. The van der Waals surface area contributed by atoms with Crippen molar-refractivity contribution in [1.82, 2.24) is 0 Å². The Morgan fingerprint density at radius 1 is 0.933 bits per heavy atom. The molecule has 1 saturated carbocycles. The summed E-state index contributed by atoms with van der Waals surface area (Å²) in [7, 11) is 0. The molecule has 1 nitrogen and oxygen atoms in total. The number of rotatable bonds is 2. The molecule has 1 rings (SSSR count). The van der Waals surface area contributed by atoms with E-state index in [1.165, 1.54) is 44.9 Å². The predicted molar refractivity (Wildman–Crippen MR) is 65.9 cm³/mol. The first-order valence-corrected chi connectivity index (χ1v) is 6.62. The van der Waals surface area contributed by atoms with Gasteiger partial charge < -0.3 is 5.11 Å². The third-order valence-corrected chi connectivity index (χ3v) is 3.56. The summed E-state index contributed by atoms with van der Waals surface area (Å²) in [5, 5.41) is 9.78. The fourth-order valence-corrected chi connectivity index (χ4v) is 2.53. The van der Waals surface area contributed by atoms with Crippen LogP contribution in [0.2, 0.25) is 0 Å². The van der Waals surface area contributed by atoms with Gasteiger partial charge in [0.1, 0.15) is 0 Å². The second-order valence-electron chi connectivity index (χ2n) is 4.97. The zero-order valence-corrected chi connectivity index (χ0v) is 9.96. The van der Waals surface area contributed by atoms with Gasteiger partial charge in [0.05, 0.1) is 6.10 Å². The molecular weight excluding hydrogens is 184 g/mol. The summed E-state index contributed by atoms with van der Waals surface area (Å²) in [6, 6.07) is 0. The Morgan fingerprint density at radius 2 is 1.60 bits per heavy atom. The van der Waals surface area contributed by atoms with E-state index in [9.17, 15) is 5.11 Å². The summed E-state index contributed by atoms with van der Waals surface area (Å²) in [4.78, 5) is 0. The fourth-order valence-electron chi connectivity index (χ4n) is 2.53. The Kier molecular flexibility index (Phi) is 6.74. The first kappa shape index (κ1) is 12.8. The minimum Gasteiger partial charge on any atom is -0.393 e. The second kappa shape index (κ2) is 7.92. The van der Waals surface area contributed by atoms with Gasteiger partial charge in [0.25, 0.3) is 0 Å². The highest BCUT2D eigenvalue weighted by Crippen LogP contribution is 2.23. The third-order valence-electron chi connectivity index (χ3n) is 3.56. The number of aliphatic hydroxyl groups is 1. The lowest BCUT2D eigenvalue weighted by atomic mass is 9.92. The highest BCUT2D eigenvalue weighted by atomic mass is 16.3. The second-order valence-corrected chi connectivity index (χ2v) is 4.97. The molecule has 1 heteroatoms. The van der Waals surface area contributed by atoms with Crippen molar-refractivity contribution in [3.63, 3.8) is 0 Å². The first-order chi connectivity index (χ1) is 7.33. The van der Waals surface area contributed by atoms with Gasteiger partial charge in [0, 0.05) is 0 Å². The molecular formula is C14H26O. The molecule has 0 spiro atoms. The monoisotopic (exact) mass is 210 g/mol. The van der Waals surface area contributed by atoms with Crippen molar-refractivity contribution in [3.05, 3.63) is 12.7 Å². The van der Waals surface area contributed by atoms with Crippen molar-refractivity contribution >= 4 is 0 Å². The summed E-state index contributed by atoms with van der Waals surface area (Å²) in [6.07, 6.45) is 14.3. The van der Waals surface area contributed by atoms with Crippen molar-refractivity contribution < 1.29 is 5.11 Å². The van der Waals surface area contributed by atoms with Gasteiger partial charge in [-0.1, -0.05) is 44.6 Å². The van der Waals surface area contributed by atoms with E-state index in [2.05, 4.69) is 6.58 Å². The molecule has 2 atom stereocenters. The molecule has 0 saturated heterocycles. The third kappa shape index (κ3) is 5.99. The lowest BCUT2D eigenvalue weighted by molar-refractivity contribution is 0.141. The quantitative estimate of drug-likeness (QED) is 0.681. The van der Waals surface area contributed by atoms with E-state index in [1.807, 2.05) is 6.08 Å². The molecule has 88 valence electrons. The van der Waals surface area contributed by atoms with Crippen LogP contribution in [-0.4, -0.2) is 11.2 Å². The Labute approximate surface area is 94.6 Å². The fraction of sp³-hybridized carbons (Fsp3) is 0.857. The average Bonchev–Trinajstić information content (AvgIpc) is 2.27. The van der Waals surface area contributed by atoms with Crippen molar-refractivity contribution in [3.8, 4) is 0 Å². The summed E-state index contributed by atoms with van der Waals surface area (Å²) >= 11 is 0. The lowest BCUT2D eigenvalue weighted by Crippen LogP contribution is -2.09. The molecule has 1 aliphatic carbocycles. The van der Waals surface area contributed by atoms with Gasteiger partial charge in [-0.05, 0) is 31.6 Å². The van der Waals surface area contributed by atoms with Crippen LogP contribution in [0.25, 0.3) is 0 Å². The molecule has 1 aliphatic rings. The lowest BCUT2D eigenvalue weighted by Gasteiger charge is -2.16. The minimum atomic E-state index is -0.0459. The predicted octanol–water partition coefficient (Wildman–Crippen LogP) is 4.06. The number of hydrogen-bond acceptors (Lipinski definition) is 1. The van der Waals surface area contributed by atoms with Crippen molar-refractivity contribution in [1.29, 1.82) is 0 Å². The molecule has 0 bridgehead atoms. The molecule has 1 fully saturated rings. The molecule has 0 aromatic carbocycles. The van der Waals surface area contributed by atoms with E-state index in [4.69, 9.17) is 0 Å². The van der Waals surface area contributed by atoms with Crippen LogP contribution in [0.4, 0.5) is 0 Å². The standard InChI is InChI=1S/C14H26O/c1-2-8-13-9-6-4-3-5-7-10-14(15)12-11-13/h2,13-15H,1,3-12H2. The van der Waals surface area contributed by atoms with Crippen LogP contribution < -0.4 is 0 Å². The van der Waals surface area contributed by atoms with E-state index < -0.39 is 0 Å². The van der Waals surface area contributed by atoms with Gasteiger partial charge in [0.2, 0.25) is 0 Å². The van der Waals surface area contributed by atoms with E-state index in [1.54, 1.807) is 0 Å². The van der Waals surface area contributed by atoms with Crippen LogP contribution >= 0.6 is 0 Å². The topological polar surface area (TPSA) is 20.2 Å². The van der Waals surface area contributed by atoms with Crippen molar-refractivity contribution in [2.24, 2.45) is 5.92 Å². The first-order valence-electron chi connectivity index (χ1n) is 6.62. The van der Waals surface area contributed by atoms with Crippen LogP contribution in [0.15, 0.2) is 12.7 Å². The van der Waals surface area contributed by atoms with Crippen molar-refractivity contribution in [2.45, 2.75) is 70.3 Å². The molecule has 0 aliphatic heterocycles. The van der Waals surface area contributed by atoms with Gasteiger partial charge in [-0.2, -0.15) is 0 Å². The smallest absolute Gasteiger partial charge is 0.0540 e. The van der Waals surface area contributed by atoms with Gasteiger partial charge >= 0.3 is 0 Å². The Balaban J connectivity index is 2.33. The summed E-state index contributed by atoms with van der Waals surface area (Å²) in [5.74, 6) is 0.773. The van der Waals surface area contributed by atoms with Gasteiger partial charge in [-0.15, -0.1) is 6.58 Å². The molecule has 2 unspecified atom stereocenters. The van der Waals surface area contributed by atoms with E-state index >= 15 is 0 Å². The van der Waals surface area contributed by atoms with E-state index in [-0.39, 0.29) is 6.10 Å². The van der Waals surface area contributed by atoms with Crippen LogP contribution in [0.5, 0.6) is 0 Å². The largest absolute Gasteiger partial charge is 0.393 e. The molecule has 0 amide bonds. The Bertz CT molecular complexity index is 165. The van der Waals surface area contributed by atoms with E-state index in [0.717, 1.165) is 25.2 Å². The summed E-state index contributed by atoms with van der Waals surface area (Å²) in [5.41, 5.74) is 0. The van der Waals surface area contributed by atoms with Crippen LogP contribution in [-0.2, 0) is 0 Å². The van der Waals surface area contributed by atoms with Gasteiger partial charge in [0.15, 0.2) is 0 Å². The van der Waals surface area contributed by atoms with Gasteiger partial charge in [-0.3, -0.25) is 0 Å². The maximum absolute atomic E-state index is 9.78. The van der Waals surface area contributed by atoms with Crippen LogP contribution in [0.3, 0.4) is 0 Å². The minimum absolute atomic E-state index is 0.0459. The number of aliphatic hydroxyl groups excluding tert-OH is 1. The zero-order chi connectivity index (χ0) is 10.9. The maximum Gasteiger partial charge on any atom is 0.0540 e. The summed E-state index contributed by atoms with van der Waals surface area (Å²) in [6.45, 7) is 3.83. The van der Waals surface area contributed by atoms with E-state index in [0.29, 0.717) is 0 Å². The Morgan fingerprint density at radius 3 is 2.33 bits per heavy atom.